The van der Waals surface area contributed by atoms with Crippen molar-refractivity contribution in [2.24, 2.45) is 21.8 Å². The van der Waals surface area contributed by atoms with Crippen molar-refractivity contribution in [2.45, 2.75) is 82.1 Å². The first kappa shape index (κ1) is 27.6. The molecule has 3 aliphatic heterocycles. The molecule has 5 aliphatic rings. The molecule has 2 aromatic carbocycles. The Morgan fingerprint density at radius 2 is 1.95 bits per heavy atom. The zero-order valence-electron chi connectivity index (χ0n) is 24.7. The minimum absolute atomic E-state index is 0.0880. The smallest absolute Gasteiger partial charge is 0.254 e. The van der Waals surface area contributed by atoms with Crippen LogP contribution in [0.5, 0.6) is 5.75 Å². The number of nitriles is 1. The molecule has 3 fully saturated rings. The van der Waals surface area contributed by atoms with Gasteiger partial charge in [0.15, 0.2) is 0 Å². The second-order valence-corrected chi connectivity index (χ2v) is 13.1. The number of likely N-dealkylation sites (tertiary alicyclic amines) is 1. The molecule has 2 aliphatic carbocycles. The van der Waals surface area contributed by atoms with Crippen LogP contribution in [0.15, 0.2) is 46.4 Å². The molecule has 1 spiro atoms. The fourth-order valence-corrected chi connectivity index (χ4v) is 6.70. The third kappa shape index (κ3) is 4.75. The number of amides is 3. The summed E-state index contributed by atoms with van der Waals surface area (Å²) >= 11 is 0. The molecule has 1 saturated heterocycles. The molecule has 222 valence electrons. The number of ether oxygens (including phenoxy) is 1. The third-order valence-electron chi connectivity index (χ3n) is 9.38. The van der Waals surface area contributed by atoms with Gasteiger partial charge in [-0.15, -0.1) is 0 Å². The molecular formula is C33H36N6O4. The van der Waals surface area contributed by atoms with Gasteiger partial charge in [-0.3, -0.25) is 24.4 Å². The van der Waals surface area contributed by atoms with Gasteiger partial charge in [-0.25, -0.2) is 0 Å². The van der Waals surface area contributed by atoms with E-state index in [1.807, 2.05) is 38.1 Å². The van der Waals surface area contributed by atoms with E-state index in [4.69, 9.17) is 14.7 Å². The predicted octanol–water partition coefficient (Wildman–Crippen LogP) is 2.72. The highest BCUT2D eigenvalue weighted by atomic mass is 16.5. The van der Waals surface area contributed by atoms with E-state index in [2.05, 4.69) is 11.4 Å². The highest BCUT2D eigenvalue weighted by Gasteiger charge is 2.56. The van der Waals surface area contributed by atoms with Crippen LogP contribution in [0.2, 0.25) is 0 Å². The van der Waals surface area contributed by atoms with E-state index in [-0.39, 0.29) is 48.9 Å². The first-order valence-electron chi connectivity index (χ1n) is 15.3. The summed E-state index contributed by atoms with van der Waals surface area (Å²) in [5.74, 6) is 0.273. The number of rotatable bonds is 8. The van der Waals surface area contributed by atoms with Crippen LogP contribution < -0.4 is 20.8 Å². The fourth-order valence-electron chi connectivity index (χ4n) is 6.70. The highest BCUT2D eigenvalue weighted by molar-refractivity contribution is 6.07. The first-order valence-corrected chi connectivity index (χ1v) is 15.3. The van der Waals surface area contributed by atoms with Crippen LogP contribution in [0.1, 0.15) is 68.3 Å². The quantitative estimate of drug-likeness (QED) is 0.514. The minimum Gasteiger partial charge on any atom is -0.488 e. The lowest BCUT2D eigenvalue weighted by atomic mass is 9.80. The standard InChI is InChI=1S/C33H36N6O4/c1-18(2)12-26(31(41)39-17-33(15-21(39)16-34)23-6-4-5-7-24(23)36-32(33)42)38(3)30(40)20-13-25-28(27(14-20)43-22-10-11-22)37-29(35-25)19-8-9-19/h4-7,13-14,18-19,21-22,26,29H,8-12,15,17H2,1-3H3,(H,36,42)/t21-,26-,29?,33-/m0/s1. The molecule has 10 heteroatoms. The highest BCUT2D eigenvalue weighted by Crippen LogP contribution is 2.46. The van der Waals surface area contributed by atoms with Gasteiger partial charge in [0.1, 0.15) is 29.4 Å². The van der Waals surface area contributed by atoms with Crippen LogP contribution >= 0.6 is 0 Å². The Hall–Kier alpha value is -4.26. The van der Waals surface area contributed by atoms with Crippen molar-refractivity contribution in [2.75, 3.05) is 18.9 Å². The van der Waals surface area contributed by atoms with Crippen molar-refractivity contribution < 1.29 is 19.1 Å². The van der Waals surface area contributed by atoms with Gasteiger partial charge >= 0.3 is 0 Å². The molecule has 2 saturated carbocycles. The summed E-state index contributed by atoms with van der Waals surface area (Å²) in [5, 5.41) is 14.4. The number of hydrogen-bond acceptors (Lipinski definition) is 7. The molecule has 4 atom stereocenters. The Morgan fingerprint density at radius 3 is 2.65 bits per heavy atom. The van der Waals surface area contributed by atoms with Gasteiger partial charge in [0.05, 0.1) is 22.9 Å². The summed E-state index contributed by atoms with van der Waals surface area (Å²) in [4.78, 5) is 54.3. The Labute approximate surface area is 250 Å². The van der Waals surface area contributed by atoms with E-state index in [0.29, 0.717) is 40.1 Å². The van der Waals surface area contributed by atoms with Crippen LogP contribution in [0.4, 0.5) is 5.69 Å². The maximum absolute atomic E-state index is 14.3. The minimum atomic E-state index is -0.990. The fraction of sp³-hybridized carbons (Fsp3) is 0.515. The first-order chi connectivity index (χ1) is 20.7. The van der Waals surface area contributed by atoms with E-state index in [1.165, 1.54) is 9.80 Å². The van der Waals surface area contributed by atoms with E-state index >= 15 is 0 Å². The van der Waals surface area contributed by atoms with Gasteiger partial charge in [0.25, 0.3) is 5.91 Å². The largest absolute Gasteiger partial charge is 0.488 e. The monoisotopic (exact) mass is 580 g/mol. The molecule has 2 aromatic rings. The Balaban J connectivity index is 1.20. The van der Waals surface area contributed by atoms with Crippen LogP contribution in [0.25, 0.3) is 0 Å². The lowest BCUT2D eigenvalue weighted by Crippen LogP contribution is -2.52. The second kappa shape index (κ2) is 10.2. The summed E-state index contributed by atoms with van der Waals surface area (Å²) in [6.45, 7) is 4.09. The summed E-state index contributed by atoms with van der Waals surface area (Å²) in [6, 6.07) is 11.6. The number of nitrogens with one attached hydrogen (secondary N) is 1. The van der Waals surface area contributed by atoms with Crippen molar-refractivity contribution in [3.05, 3.63) is 58.2 Å². The Kier molecular flexibility index (Phi) is 6.53. The normalized spacial score (nSPS) is 25.8. The maximum atomic E-state index is 14.3. The third-order valence-corrected chi connectivity index (χ3v) is 9.38. The molecule has 43 heavy (non-hydrogen) atoms. The number of carbonyl (C=O) groups is 3. The molecule has 0 bridgehead atoms. The molecule has 7 rings (SSSR count). The molecule has 10 nitrogen and oxygen atoms in total. The zero-order chi connectivity index (χ0) is 30.0. The average molecular weight is 581 g/mol. The van der Waals surface area contributed by atoms with Crippen molar-refractivity contribution in [1.82, 2.24) is 9.80 Å². The van der Waals surface area contributed by atoms with Crippen molar-refractivity contribution in [1.29, 1.82) is 5.26 Å². The average Bonchev–Trinajstić information content (AvgIpc) is 3.91. The summed E-state index contributed by atoms with van der Waals surface area (Å²) in [5.41, 5.74) is 0.926. The molecule has 3 amide bonds. The number of likely N-dealkylation sites (N-methyl/N-ethyl adjacent to an activating group) is 1. The number of carbonyl (C=O) groups excluding carboxylic acids is 3. The molecular weight excluding hydrogens is 544 g/mol. The SMILES string of the molecule is CC(C)C[C@@H](C(=O)N1C[C@]2(C[C@H]1C#N)C(=O)Nc1ccccc12)N(C)C(=O)c1cc(OC2CC2)c2c(c1)=NC(C1CC1)N=2. The second-order valence-electron chi connectivity index (χ2n) is 13.1. The van der Waals surface area contributed by atoms with Crippen molar-refractivity contribution >= 4 is 23.4 Å². The van der Waals surface area contributed by atoms with E-state index < -0.39 is 17.5 Å². The van der Waals surface area contributed by atoms with Gasteiger partial charge in [0, 0.05) is 37.2 Å². The number of hydrogen-bond donors (Lipinski definition) is 1. The van der Waals surface area contributed by atoms with Crippen LogP contribution in [-0.2, 0) is 15.0 Å². The summed E-state index contributed by atoms with van der Waals surface area (Å²) in [6.07, 6.45) is 4.77. The van der Waals surface area contributed by atoms with Crippen LogP contribution in [0.3, 0.4) is 0 Å². The van der Waals surface area contributed by atoms with Gasteiger partial charge in [-0.2, -0.15) is 5.26 Å². The van der Waals surface area contributed by atoms with Gasteiger partial charge in [-0.05, 0) is 61.8 Å². The molecule has 0 aromatic heterocycles. The van der Waals surface area contributed by atoms with E-state index in [9.17, 15) is 19.6 Å². The number of para-hydroxylation sites is 1. The predicted molar refractivity (Wildman–Crippen MR) is 157 cm³/mol. The molecule has 3 heterocycles. The van der Waals surface area contributed by atoms with Gasteiger partial charge in [-0.1, -0.05) is 32.0 Å². The van der Waals surface area contributed by atoms with E-state index in [0.717, 1.165) is 31.2 Å². The van der Waals surface area contributed by atoms with Crippen molar-refractivity contribution in [3.8, 4) is 11.8 Å². The lowest BCUT2D eigenvalue weighted by molar-refractivity contribution is -0.136. The topological polar surface area (TPSA) is 127 Å². The summed E-state index contributed by atoms with van der Waals surface area (Å²) in [7, 11) is 1.64. The van der Waals surface area contributed by atoms with E-state index in [1.54, 1.807) is 19.2 Å². The van der Waals surface area contributed by atoms with Gasteiger partial charge in [0.2, 0.25) is 11.8 Å². The zero-order valence-corrected chi connectivity index (χ0v) is 24.7. The number of fused-ring (bicyclic) bond motifs is 3. The summed E-state index contributed by atoms with van der Waals surface area (Å²) < 4.78 is 6.19. The maximum Gasteiger partial charge on any atom is 0.254 e. The number of anilines is 1. The molecule has 1 N–H and O–H groups in total. The Bertz CT molecular complexity index is 1690. The van der Waals surface area contributed by atoms with Crippen molar-refractivity contribution in [3.63, 3.8) is 0 Å². The number of benzene rings is 2. The lowest BCUT2D eigenvalue weighted by Gasteiger charge is -2.33. The molecule has 0 radical (unpaired) electrons. The van der Waals surface area contributed by atoms with Crippen LogP contribution in [0, 0.1) is 23.2 Å². The molecule has 1 unspecified atom stereocenters. The number of nitrogens with zero attached hydrogens (tertiary/aromatic N) is 5. The van der Waals surface area contributed by atoms with Crippen LogP contribution in [-0.4, -0.2) is 65.5 Å². The Morgan fingerprint density at radius 1 is 1.19 bits per heavy atom. The van der Waals surface area contributed by atoms with Gasteiger partial charge < -0.3 is 19.9 Å².